The van der Waals surface area contributed by atoms with Gasteiger partial charge in [0.15, 0.2) is 0 Å². The molecule has 0 aliphatic carbocycles. The number of allylic oxidation sites excluding steroid dienone is 2. The molecular weight excluding hydrogens is 437 g/mol. The SMILES string of the molecule is CC1=N/C(=C2\CN(C(=O)c3ccc(F)cc3OCC3CC(O)CN3)CC2N)NC(C)=C1Cl. The van der Waals surface area contributed by atoms with Crippen molar-refractivity contribution in [2.24, 2.45) is 10.7 Å². The van der Waals surface area contributed by atoms with Crippen LogP contribution in [-0.2, 0) is 0 Å². The Labute approximate surface area is 191 Å². The van der Waals surface area contributed by atoms with E-state index >= 15 is 0 Å². The Hall–Kier alpha value is -2.46. The van der Waals surface area contributed by atoms with Gasteiger partial charge in [0.25, 0.3) is 5.91 Å². The third kappa shape index (κ3) is 4.66. The first-order chi connectivity index (χ1) is 15.2. The molecule has 0 radical (unpaired) electrons. The van der Waals surface area contributed by atoms with Crippen LogP contribution in [0.4, 0.5) is 4.39 Å². The van der Waals surface area contributed by atoms with Gasteiger partial charge in [0.1, 0.15) is 24.0 Å². The highest BCUT2D eigenvalue weighted by molar-refractivity contribution is 6.43. The van der Waals surface area contributed by atoms with Crippen LogP contribution in [0, 0.1) is 5.82 Å². The first-order valence-corrected chi connectivity index (χ1v) is 10.9. The Morgan fingerprint density at radius 1 is 1.44 bits per heavy atom. The van der Waals surface area contributed by atoms with Crippen LogP contribution in [0.25, 0.3) is 0 Å². The second-order valence-corrected chi connectivity index (χ2v) is 8.75. The number of likely N-dealkylation sites (tertiary alicyclic amines) is 1. The van der Waals surface area contributed by atoms with E-state index in [2.05, 4.69) is 15.6 Å². The molecule has 0 bridgehead atoms. The molecule has 10 heteroatoms. The maximum atomic E-state index is 13.9. The van der Waals surface area contributed by atoms with Gasteiger partial charge < -0.3 is 31.1 Å². The van der Waals surface area contributed by atoms with Crippen molar-refractivity contribution in [3.63, 3.8) is 0 Å². The van der Waals surface area contributed by atoms with E-state index in [1.807, 2.05) is 13.8 Å². The van der Waals surface area contributed by atoms with Crippen LogP contribution in [0.15, 0.2) is 45.3 Å². The second kappa shape index (κ2) is 9.19. The third-order valence-electron chi connectivity index (χ3n) is 5.86. The number of nitrogens with two attached hydrogens (primary N) is 1. The predicted octanol–water partition coefficient (Wildman–Crippen LogP) is 1.46. The number of benzene rings is 1. The number of carbonyl (C=O) groups is 1. The summed E-state index contributed by atoms with van der Waals surface area (Å²) >= 11 is 6.21. The molecule has 3 atom stereocenters. The highest BCUT2D eigenvalue weighted by atomic mass is 35.5. The van der Waals surface area contributed by atoms with Gasteiger partial charge in [0.2, 0.25) is 0 Å². The van der Waals surface area contributed by atoms with Gasteiger partial charge in [-0.15, -0.1) is 0 Å². The Balaban J connectivity index is 1.52. The molecule has 0 aromatic heterocycles. The smallest absolute Gasteiger partial charge is 0.257 e. The predicted molar refractivity (Wildman–Crippen MR) is 120 cm³/mol. The summed E-state index contributed by atoms with van der Waals surface area (Å²) in [5.41, 5.74) is 8.85. The summed E-state index contributed by atoms with van der Waals surface area (Å²) in [6.07, 6.45) is 0.115. The molecule has 2 fully saturated rings. The van der Waals surface area contributed by atoms with Crippen molar-refractivity contribution in [2.45, 2.75) is 38.5 Å². The van der Waals surface area contributed by atoms with Crippen LogP contribution < -0.4 is 21.1 Å². The maximum absolute atomic E-state index is 13.9. The Kier molecular flexibility index (Phi) is 6.52. The van der Waals surface area contributed by atoms with Gasteiger partial charge in [-0.05, 0) is 32.4 Å². The number of aliphatic imine (C=N–C) groups is 1. The highest BCUT2D eigenvalue weighted by Crippen LogP contribution is 2.28. The molecule has 0 saturated carbocycles. The lowest BCUT2D eigenvalue weighted by Gasteiger charge is -2.20. The maximum Gasteiger partial charge on any atom is 0.257 e. The van der Waals surface area contributed by atoms with E-state index in [0.717, 1.165) is 11.3 Å². The lowest BCUT2D eigenvalue weighted by atomic mass is 10.1. The zero-order valence-corrected chi connectivity index (χ0v) is 18.7. The minimum atomic E-state index is -0.493. The number of hydrogen-bond acceptors (Lipinski definition) is 7. The number of halogens is 2. The number of nitrogens with one attached hydrogen (secondary N) is 2. The molecule has 1 amide bonds. The van der Waals surface area contributed by atoms with E-state index in [-0.39, 0.29) is 36.4 Å². The number of nitrogens with zero attached hydrogens (tertiary/aromatic N) is 2. The van der Waals surface area contributed by atoms with Gasteiger partial charge in [0, 0.05) is 49.1 Å². The van der Waals surface area contributed by atoms with Gasteiger partial charge in [0.05, 0.1) is 22.4 Å². The number of aliphatic hydroxyl groups is 1. The van der Waals surface area contributed by atoms with E-state index in [9.17, 15) is 14.3 Å². The lowest BCUT2D eigenvalue weighted by molar-refractivity contribution is 0.0788. The monoisotopic (exact) mass is 463 g/mol. The first-order valence-electron chi connectivity index (χ1n) is 10.5. The number of rotatable bonds is 4. The van der Waals surface area contributed by atoms with E-state index in [0.29, 0.717) is 36.1 Å². The van der Waals surface area contributed by atoms with Gasteiger partial charge in [-0.3, -0.25) is 4.79 Å². The second-order valence-electron chi connectivity index (χ2n) is 8.37. The standard InChI is InChI=1S/C22H27ClFN5O3/c1-11-20(23)12(2)28-21(27-11)17-8-29(9-18(17)25)22(31)16-4-3-13(24)5-19(16)32-10-14-6-15(30)7-26-14/h3-5,14-15,18,26-27,30H,6-10,25H2,1-2H3/b21-17+. The van der Waals surface area contributed by atoms with Crippen molar-refractivity contribution in [1.29, 1.82) is 0 Å². The molecule has 32 heavy (non-hydrogen) atoms. The molecule has 1 aromatic carbocycles. The summed E-state index contributed by atoms with van der Waals surface area (Å²) in [5, 5.41) is 16.5. The zero-order chi connectivity index (χ0) is 23.0. The molecule has 3 aliphatic heterocycles. The molecule has 3 heterocycles. The minimum absolute atomic E-state index is 0.0608. The molecule has 4 rings (SSSR count). The van der Waals surface area contributed by atoms with Crippen molar-refractivity contribution in [1.82, 2.24) is 15.5 Å². The summed E-state index contributed by atoms with van der Waals surface area (Å²) < 4.78 is 19.7. The zero-order valence-electron chi connectivity index (χ0n) is 18.0. The van der Waals surface area contributed by atoms with Crippen LogP contribution in [-0.4, -0.2) is 66.1 Å². The third-order valence-corrected chi connectivity index (χ3v) is 6.42. The molecule has 3 aliphatic rings. The molecule has 3 unspecified atom stereocenters. The highest BCUT2D eigenvalue weighted by Gasteiger charge is 2.33. The summed E-state index contributed by atoms with van der Waals surface area (Å²) in [4.78, 5) is 19.4. The fourth-order valence-electron chi connectivity index (χ4n) is 4.12. The van der Waals surface area contributed by atoms with Gasteiger partial charge in [-0.25, -0.2) is 9.38 Å². The van der Waals surface area contributed by atoms with Gasteiger partial charge in [-0.1, -0.05) is 11.6 Å². The molecular formula is C22H27ClFN5O3. The molecule has 2 saturated heterocycles. The lowest BCUT2D eigenvalue weighted by Crippen LogP contribution is -2.33. The Morgan fingerprint density at radius 2 is 2.22 bits per heavy atom. The summed E-state index contributed by atoms with van der Waals surface area (Å²) in [5.74, 6) is -0.0174. The van der Waals surface area contributed by atoms with Crippen LogP contribution in [0.2, 0.25) is 0 Å². The van der Waals surface area contributed by atoms with E-state index in [1.165, 1.54) is 18.2 Å². The summed E-state index contributed by atoms with van der Waals surface area (Å²) in [7, 11) is 0. The van der Waals surface area contributed by atoms with Gasteiger partial charge >= 0.3 is 0 Å². The summed E-state index contributed by atoms with van der Waals surface area (Å²) in [6, 6.07) is 3.42. The molecule has 172 valence electrons. The van der Waals surface area contributed by atoms with Crippen LogP contribution in [0.3, 0.4) is 0 Å². The van der Waals surface area contributed by atoms with Crippen molar-refractivity contribution < 1.29 is 19.0 Å². The average Bonchev–Trinajstić information content (AvgIpc) is 3.35. The number of β-amino-alcohol motifs (C(OH)–C–C–N with tert-alkyl or cyclic N) is 1. The van der Waals surface area contributed by atoms with E-state index in [1.54, 1.807) is 4.90 Å². The van der Waals surface area contributed by atoms with Crippen LogP contribution in [0.1, 0.15) is 30.6 Å². The van der Waals surface area contributed by atoms with Crippen LogP contribution >= 0.6 is 11.6 Å². The first kappa shape index (κ1) is 22.7. The molecule has 1 aromatic rings. The largest absolute Gasteiger partial charge is 0.491 e. The van der Waals surface area contributed by atoms with Crippen molar-refractivity contribution in [3.05, 3.63) is 51.7 Å². The minimum Gasteiger partial charge on any atom is -0.491 e. The Bertz CT molecular complexity index is 1020. The fraction of sp³-hybridized carbons (Fsp3) is 0.455. The number of ether oxygens (including phenoxy) is 1. The number of hydrogen-bond donors (Lipinski definition) is 4. The quantitative estimate of drug-likeness (QED) is 0.538. The average molecular weight is 464 g/mol. The molecule has 8 nitrogen and oxygen atoms in total. The van der Waals surface area contributed by atoms with Crippen molar-refractivity contribution >= 4 is 23.2 Å². The van der Waals surface area contributed by atoms with Crippen molar-refractivity contribution in [3.8, 4) is 5.75 Å². The van der Waals surface area contributed by atoms with E-state index in [4.69, 9.17) is 22.1 Å². The number of aliphatic hydroxyl groups excluding tert-OH is 1. The van der Waals surface area contributed by atoms with Crippen molar-refractivity contribution in [2.75, 3.05) is 26.2 Å². The normalized spacial score (nSPS) is 28.1. The number of carbonyl (C=O) groups excluding carboxylic acids is 1. The topological polar surface area (TPSA) is 112 Å². The van der Waals surface area contributed by atoms with E-state index < -0.39 is 18.0 Å². The molecule has 5 N–H and O–H groups in total. The van der Waals surface area contributed by atoms with Gasteiger partial charge in [-0.2, -0.15) is 0 Å². The molecule has 0 spiro atoms. The fourth-order valence-corrected chi connectivity index (χ4v) is 4.21. The van der Waals surface area contributed by atoms with Crippen LogP contribution in [0.5, 0.6) is 5.75 Å². The number of amides is 1. The Morgan fingerprint density at radius 3 is 2.91 bits per heavy atom. The summed E-state index contributed by atoms with van der Waals surface area (Å²) in [6.45, 7) is 4.97.